The minimum atomic E-state index is -0.489. The van der Waals surface area contributed by atoms with E-state index >= 15 is 0 Å². The van der Waals surface area contributed by atoms with Crippen LogP contribution in [0.2, 0.25) is 0 Å². The fraction of sp³-hybridized carbons (Fsp3) is 0.600. The van der Waals surface area contributed by atoms with Crippen molar-refractivity contribution in [1.29, 1.82) is 0 Å². The Kier molecular flexibility index (Phi) is 3.25. The number of methoxy groups -OCH3 is 1. The molecule has 0 saturated carbocycles. The lowest BCUT2D eigenvalue weighted by atomic mass is 10.0. The maximum absolute atomic E-state index is 5.93. The Balaban J connectivity index is 1.67. The van der Waals surface area contributed by atoms with Crippen LogP contribution >= 0.6 is 0 Å². The molecule has 0 radical (unpaired) electrons. The number of hydrogen-bond acceptors (Lipinski definition) is 4. The van der Waals surface area contributed by atoms with Crippen LogP contribution in [0.4, 0.5) is 0 Å². The first kappa shape index (κ1) is 12.9. The third-order valence-corrected chi connectivity index (χ3v) is 3.66. The fourth-order valence-corrected chi connectivity index (χ4v) is 2.79. The van der Waals surface area contributed by atoms with E-state index in [4.69, 9.17) is 18.9 Å². The van der Waals surface area contributed by atoms with Crippen LogP contribution < -0.4 is 4.74 Å². The molecule has 0 aromatic heterocycles. The van der Waals surface area contributed by atoms with Gasteiger partial charge in [0.2, 0.25) is 0 Å². The first-order valence-electron chi connectivity index (χ1n) is 6.67. The van der Waals surface area contributed by atoms with E-state index in [-0.39, 0.29) is 18.3 Å². The molecule has 0 amide bonds. The van der Waals surface area contributed by atoms with E-state index in [9.17, 15) is 0 Å². The molecule has 3 atom stereocenters. The molecule has 0 spiro atoms. The summed E-state index contributed by atoms with van der Waals surface area (Å²) >= 11 is 0. The lowest BCUT2D eigenvalue weighted by molar-refractivity contribution is -0.174. The molecule has 2 aliphatic heterocycles. The number of rotatable bonds is 3. The van der Waals surface area contributed by atoms with Crippen LogP contribution in [0.1, 0.15) is 19.4 Å². The summed E-state index contributed by atoms with van der Waals surface area (Å²) in [4.78, 5) is 0. The van der Waals surface area contributed by atoms with Gasteiger partial charge in [-0.1, -0.05) is 12.1 Å². The zero-order chi connectivity index (χ0) is 13.5. The SMILES string of the molecule is COc1ccc(CC2OC[C@@H]3OC(C)(C)O[C@H]23)cc1. The molecule has 2 heterocycles. The Morgan fingerprint density at radius 2 is 1.95 bits per heavy atom. The zero-order valence-electron chi connectivity index (χ0n) is 11.6. The Morgan fingerprint density at radius 1 is 1.21 bits per heavy atom. The molecule has 104 valence electrons. The van der Waals surface area contributed by atoms with Crippen molar-refractivity contribution in [3.8, 4) is 5.75 Å². The van der Waals surface area contributed by atoms with Gasteiger partial charge in [0.25, 0.3) is 0 Å². The second kappa shape index (κ2) is 4.78. The summed E-state index contributed by atoms with van der Waals surface area (Å²) in [6.07, 6.45) is 1.01. The minimum Gasteiger partial charge on any atom is -0.497 e. The van der Waals surface area contributed by atoms with Crippen molar-refractivity contribution < 1.29 is 18.9 Å². The van der Waals surface area contributed by atoms with Gasteiger partial charge in [-0.3, -0.25) is 0 Å². The van der Waals surface area contributed by atoms with Crippen molar-refractivity contribution in [2.45, 2.75) is 44.4 Å². The molecule has 0 bridgehead atoms. The van der Waals surface area contributed by atoms with Crippen molar-refractivity contribution in [1.82, 2.24) is 0 Å². The smallest absolute Gasteiger partial charge is 0.164 e. The monoisotopic (exact) mass is 264 g/mol. The highest BCUT2D eigenvalue weighted by Crippen LogP contribution is 2.36. The summed E-state index contributed by atoms with van der Waals surface area (Å²) in [5.74, 6) is 0.382. The summed E-state index contributed by atoms with van der Waals surface area (Å²) in [5, 5.41) is 0. The molecule has 0 aliphatic carbocycles. The predicted octanol–water partition coefficient (Wildman–Crippen LogP) is 2.16. The number of benzene rings is 1. The maximum Gasteiger partial charge on any atom is 0.164 e. The van der Waals surface area contributed by atoms with Crippen molar-refractivity contribution in [2.24, 2.45) is 0 Å². The molecule has 2 fully saturated rings. The van der Waals surface area contributed by atoms with E-state index in [2.05, 4.69) is 12.1 Å². The molecule has 1 aromatic rings. The molecule has 0 N–H and O–H groups in total. The van der Waals surface area contributed by atoms with E-state index < -0.39 is 5.79 Å². The second-order valence-electron chi connectivity index (χ2n) is 5.56. The normalized spacial score (nSPS) is 32.3. The van der Waals surface area contributed by atoms with Crippen LogP contribution in [0.3, 0.4) is 0 Å². The molecule has 1 aromatic carbocycles. The third kappa shape index (κ3) is 2.61. The first-order chi connectivity index (χ1) is 9.07. The summed E-state index contributed by atoms with van der Waals surface area (Å²) < 4.78 is 22.7. The standard InChI is InChI=1S/C15H20O4/c1-15(2)18-13-9-17-12(14(13)19-15)8-10-4-6-11(16-3)7-5-10/h4-7,12-14H,8-9H2,1-3H3/t12?,13-,14+/m0/s1. The van der Waals surface area contributed by atoms with Gasteiger partial charge in [-0.15, -0.1) is 0 Å². The van der Waals surface area contributed by atoms with Crippen molar-refractivity contribution in [3.05, 3.63) is 29.8 Å². The molecular formula is C15H20O4. The van der Waals surface area contributed by atoms with Crippen molar-refractivity contribution in [3.63, 3.8) is 0 Å². The van der Waals surface area contributed by atoms with Crippen molar-refractivity contribution in [2.75, 3.05) is 13.7 Å². The highest BCUT2D eigenvalue weighted by molar-refractivity contribution is 5.27. The van der Waals surface area contributed by atoms with Gasteiger partial charge in [0.1, 0.15) is 18.0 Å². The first-order valence-corrected chi connectivity index (χ1v) is 6.67. The van der Waals surface area contributed by atoms with Gasteiger partial charge in [0.05, 0.1) is 19.8 Å². The van der Waals surface area contributed by atoms with Gasteiger partial charge in [0.15, 0.2) is 5.79 Å². The molecule has 2 saturated heterocycles. The quantitative estimate of drug-likeness (QED) is 0.838. The largest absolute Gasteiger partial charge is 0.497 e. The molecule has 3 rings (SSSR count). The Labute approximate surface area is 113 Å². The van der Waals surface area contributed by atoms with E-state index in [1.165, 1.54) is 5.56 Å². The molecule has 1 unspecified atom stereocenters. The van der Waals surface area contributed by atoms with Crippen LogP contribution in [0.15, 0.2) is 24.3 Å². The lowest BCUT2D eigenvalue weighted by Crippen LogP contribution is -2.31. The molecular weight excluding hydrogens is 244 g/mol. The molecule has 4 nitrogen and oxygen atoms in total. The zero-order valence-corrected chi connectivity index (χ0v) is 11.6. The fourth-order valence-electron chi connectivity index (χ4n) is 2.79. The van der Waals surface area contributed by atoms with Crippen LogP contribution in [-0.2, 0) is 20.6 Å². The van der Waals surface area contributed by atoms with Gasteiger partial charge >= 0.3 is 0 Å². The van der Waals surface area contributed by atoms with Crippen LogP contribution in [0.5, 0.6) is 5.75 Å². The van der Waals surface area contributed by atoms with Gasteiger partial charge < -0.3 is 18.9 Å². The molecule has 2 aliphatic rings. The molecule has 19 heavy (non-hydrogen) atoms. The lowest BCUT2D eigenvalue weighted by Gasteiger charge is -2.21. The van der Waals surface area contributed by atoms with E-state index in [0.29, 0.717) is 6.61 Å². The highest BCUT2D eigenvalue weighted by Gasteiger charge is 2.49. The van der Waals surface area contributed by atoms with Crippen LogP contribution in [-0.4, -0.2) is 37.8 Å². The predicted molar refractivity (Wildman–Crippen MR) is 70.3 cm³/mol. The maximum atomic E-state index is 5.93. The van der Waals surface area contributed by atoms with Gasteiger partial charge in [0, 0.05) is 6.42 Å². The average molecular weight is 264 g/mol. The van der Waals surface area contributed by atoms with Crippen LogP contribution in [0.25, 0.3) is 0 Å². The number of fused-ring (bicyclic) bond motifs is 1. The van der Waals surface area contributed by atoms with Crippen molar-refractivity contribution >= 4 is 0 Å². The van der Waals surface area contributed by atoms with E-state index in [1.807, 2.05) is 26.0 Å². The minimum absolute atomic E-state index is 0.0390. The van der Waals surface area contributed by atoms with E-state index in [1.54, 1.807) is 7.11 Å². The summed E-state index contributed by atoms with van der Waals surface area (Å²) in [6, 6.07) is 8.07. The van der Waals surface area contributed by atoms with Gasteiger partial charge in [-0.05, 0) is 31.5 Å². The molecule has 4 heteroatoms. The van der Waals surface area contributed by atoms with E-state index in [0.717, 1.165) is 12.2 Å². The summed E-state index contributed by atoms with van der Waals surface area (Å²) in [6.45, 7) is 4.53. The van der Waals surface area contributed by atoms with Gasteiger partial charge in [-0.2, -0.15) is 0 Å². The summed E-state index contributed by atoms with van der Waals surface area (Å²) in [5.41, 5.74) is 1.22. The Morgan fingerprint density at radius 3 is 2.63 bits per heavy atom. The number of hydrogen-bond donors (Lipinski definition) is 0. The third-order valence-electron chi connectivity index (χ3n) is 3.66. The Hall–Kier alpha value is -1.10. The highest BCUT2D eigenvalue weighted by atomic mass is 16.8. The topological polar surface area (TPSA) is 36.9 Å². The summed E-state index contributed by atoms with van der Waals surface area (Å²) in [7, 11) is 1.67. The average Bonchev–Trinajstić information content (AvgIpc) is 2.87. The second-order valence-corrected chi connectivity index (χ2v) is 5.56. The Bertz CT molecular complexity index is 440. The van der Waals surface area contributed by atoms with Crippen LogP contribution in [0, 0.1) is 0 Å². The number of ether oxygens (including phenoxy) is 4. The van der Waals surface area contributed by atoms with Gasteiger partial charge in [-0.25, -0.2) is 0 Å².